The van der Waals surface area contributed by atoms with E-state index < -0.39 is 11.7 Å². The first-order valence-electron chi connectivity index (χ1n) is 10.5. The number of alkyl halides is 3. The average Bonchev–Trinajstić information content (AvgIpc) is 2.84. The molecule has 3 heterocycles. The lowest BCUT2D eigenvalue weighted by Crippen LogP contribution is -2.10. The quantitative estimate of drug-likeness (QED) is 0.325. The number of halogens is 3. The minimum absolute atomic E-state index is 0.0514. The third-order valence-corrected chi connectivity index (χ3v) is 5.54. The summed E-state index contributed by atoms with van der Waals surface area (Å²) < 4.78 is 42.4. The van der Waals surface area contributed by atoms with Crippen molar-refractivity contribution in [2.24, 2.45) is 0 Å². The first kappa shape index (κ1) is 21.6. The lowest BCUT2D eigenvalue weighted by Gasteiger charge is -2.19. The molecular formula is C25H19F3N6. The maximum absolute atomic E-state index is 14.1. The molecule has 34 heavy (non-hydrogen) atoms. The zero-order valence-corrected chi connectivity index (χ0v) is 18.3. The lowest BCUT2D eigenvalue weighted by atomic mass is 9.95. The average molecular weight is 460 g/mol. The van der Waals surface area contributed by atoms with E-state index in [1.807, 2.05) is 42.5 Å². The maximum atomic E-state index is 14.1. The molecule has 2 N–H and O–H groups in total. The number of hydrogen-bond donors (Lipinski definition) is 2. The van der Waals surface area contributed by atoms with Crippen molar-refractivity contribution in [3.05, 3.63) is 78.1 Å². The summed E-state index contributed by atoms with van der Waals surface area (Å²) in [6.07, 6.45) is -2.45. The van der Waals surface area contributed by atoms with Crippen LogP contribution in [0.4, 0.5) is 30.6 Å². The van der Waals surface area contributed by atoms with Gasteiger partial charge in [0.15, 0.2) is 0 Å². The van der Waals surface area contributed by atoms with E-state index in [0.29, 0.717) is 39.5 Å². The Morgan fingerprint density at radius 1 is 0.824 bits per heavy atom. The highest BCUT2D eigenvalue weighted by atomic mass is 19.4. The Morgan fingerprint density at radius 2 is 1.56 bits per heavy atom. The molecule has 0 aliphatic carbocycles. The van der Waals surface area contributed by atoms with Gasteiger partial charge in [-0.2, -0.15) is 13.2 Å². The summed E-state index contributed by atoms with van der Waals surface area (Å²) in [5, 5.41) is 6.72. The third-order valence-electron chi connectivity index (χ3n) is 5.54. The molecule has 2 aromatic carbocycles. The fourth-order valence-electron chi connectivity index (χ4n) is 3.98. The summed E-state index contributed by atoms with van der Waals surface area (Å²) in [5.41, 5.74) is 1.85. The van der Waals surface area contributed by atoms with Gasteiger partial charge in [0.05, 0.1) is 28.5 Å². The van der Waals surface area contributed by atoms with Gasteiger partial charge in [-0.05, 0) is 25.1 Å². The number of nitrogens with zero attached hydrogens (tertiary/aromatic N) is 4. The van der Waals surface area contributed by atoms with Gasteiger partial charge >= 0.3 is 6.18 Å². The molecule has 0 unspecified atom stereocenters. The number of para-hydroxylation sites is 2. The fourth-order valence-corrected chi connectivity index (χ4v) is 3.98. The Morgan fingerprint density at radius 3 is 2.29 bits per heavy atom. The van der Waals surface area contributed by atoms with Crippen LogP contribution in [-0.4, -0.2) is 27.0 Å². The smallest absolute Gasteiger partial charge is 0.357 e. The second kappa shape index (κ2) is 8.26. The monoisotopic (exact) mass is 460 g/mol. The Bertz CT molecular complexity index is 1520. The molecule has 0 fully saturated rings. The number of rotatable bonds is 4. The van der Waals surface area contributed by atoms with Crippen LogP contribution < -0.4 is 10.6 Å². The van der Waals surface area contributed by atoms with E-state index in [0.717, 1.165) is 11.9 Å². The molecule has 0 radical (unpaired) electrons. The van der Waals surface area contributed by atoms with Crippen LogP contribution in [0.25, 0.3) is 33.1 Å². The fraction of sp³-hybridized carbons (Fsp3) is 0.120. The van der Waals surface area contributed by atoms with E-state index in [4.69, 9.17) is 0 Å². The van der Waals surface area contributed by atoms with Crippen molar-refractivity contribution in [3.63, 3.8) is 0 Å². The molecule has 0 saturated heterocycles. The highest BCUT2D eigenvalue weighted by molar-refractivity contribution is 6.06. The number of aromatic nitrogens is 4. The molecule has 0 bridgehead atoms. The van der Waals surface area contributed by atoms with Gasteiger partial charge in [0, 0.05) is 40.8 Å². The lowest BCUT2D eigenvalue weighted by molar-refractivity contribution is -0.136. The SMILES string of the molecule is CNc1nc(-c2c(C)c(Nc3ccccc3)nc3cncc(C(F)(F)F)c23)c2ccccc2n1. The number of anilines is 3. The Hall–Kier alpha value is -4.27. The van der Waals surface area contributed by atoms with Crippen LogP contribution in [0.2, 0.25) is 0 Å². The minimum atomic E-state index is -4.63. The molecule has 3 aromatic heterocycles. The van der Waals surface area contributed by atoms with Gasteiger partial charge in [-0.1, -0.05) is 36.4 Å². The minimum Gasteiger partial charge on any atom is -0.357 e. The van der Waals surface area contributed by atoms with Gasteiger partial charge < -0.3 is 10.6 Å². The van der Waals surface area contributed by atoms with Crippen LogP contribution in [0.1, 0.15) is 11.1 Å². The predicted octanol–water partition coefficient (Wildman–Crippen LogP) is 6.35. The van der Waals surface area contributed by atoms with E-state index in [-0.39, 0.29) is 10.9 Å². The van der Waals surface area contributed by atoms with E-state index in [9.17, 15) is 13.2 Å². The molecule has 0 saturated carbocycles. The van der Waals surface area contributed by atoms with Crippen LogP contribution in [0.3, 0.4) is 0 Å². The van der Waals surface area contributed by atoms with Crippen LogP contribution in [-0.2, 0) is 6.18 Å². The van der Waals surface area contributed by atoms with Crippen molar-refractivity contribution in [3.8, 4) is 11.3 Å². The number of fused-ring (bicyclic) bond motifs is 2. The molecule has 0 aliphatic heterocycles. The Kier molecular flexibility index (Phi) is 5.24. The molecule has 0 aliphatic rings. The number of nitrogens with one attached hydrogen (secondary N) is 2. The van der Waals surface area contributed by atoms with Crippen molar-refractivity contribution >= 4 is 39.3 Å². The normalized spacial score (nSPS) is 11.7. The second-order valence-corrected chi connectivity index (χ2v) is 7.69. The molecular weight excluding hydrogens is 441 g/mol. The summed E-state index contributed by atoms with van der Waals surface area (Å²) in [6, 6.07) is 16.5. The van der Waals surface area contributed by atoms with E-state index in [1.165, 1.54) is 6.20 Å². The summed E-state index contributed by atoms with van der Waals surface area (Å²) in [4.78, 5) is 17.4. The van der Waals surface area contributed by atoms with E-state index in [2.05, 4.69) is 30.6 Å². The largest absolute Gasteiger partial charge is 0.418 e. The zero-order valence-electron chi connectivity index (χ0n) is 18.3. The van der Waals surface area contributed by atoms with Crippen LogP contribution in [0, 0.1) is 6.92 Å². The summed E-state index contributed by atoms with van der Waals surface area (Å²) in [5.74, 6) is 0.724. The first-order chi connectivity index (χ1) is 16.4. The van der Waals surface area contributed by atoms with Gasteiger partial charge in [-0.15, -0.1) is 0 Å². The molecule has 170 valence electrons. The van der Waals surface area contributed by atoms with E-state index >= 15 is 0 Å². The topological polar surface area (TPSA) is 75.6 Å². The second-order valence-electron chi connectivity index (χ2n) is 7.69. The predicted molar refractivity (Wildman–Crippen MR) is 127 cm³/mol. The molecule has 0 spiro atoms. The third kappa shape index (κ3) is 3.75. The van der Waals surface area contributed by atoms with Crippen molar-refractivity contribution in [2.45, 2.75) is 13.1 Å². The van der Waals surface area contributed by atoms with Gasteiger partial charge in [-0.25, -0.2) is 15.0 Å². The van der Waals surface area contributed by atoms with Crippen LogP contribution in [0.15, 0.2) is 67.0 Å². The molecule has 5 aromatic rings. The molecule has 0 atom stereocenters. The van der Waals surface area contributed by atoms with E-state index in [1.54, 1.807) is 26.1 Å². The number of pyridine rings is 2. The van der Waals surface area contributed by atoms with Gasteiger partial charge in [-0.3, -0.25) is 4.98 Å². The van der Waals surface area contributed by atoms with Crippen molar-refractivity contribution in [1.29, 1.82) is 0 Å². The molecule has 5 rings (SSSR count). The first-order valence-corrected chi connectivity index (χ1v) is 10.5. The van der Waals surface area contributed by atoms with Gasteiger partial charge in [0.2, 0.25) is 5.95 Å². The molecule has 0 amide bonds. The van der Waals surface area contributed by atoms with Crippen LogP contribution in [0.5, 0.6) is 0 Å². The summed E-state index contributed by atoms with van der Waals surface area (Å²) >= 11 is 0. The number of hydrogen-bond acceptors (Lipinski definition) is 6. The van der Waals surface area contributed by atoms with Crippen molar-refractivity contribution in [2.75, 3.05) is 17.7 Å². The summed E-state index contributed by atoms with van der Waals surface area (Å²) in [6.45, 7) is 1.74. The Balaban J connectivity index is 1.92. The zero-order chi connectivity index (χ0) is 23.9. The highest BCUT2D eigenvalue weighted by Crippen LogP contribution is 2.43. The standard InChI is InChI=1S/C25H19F3N6/c1-14-20(22-16-10-6-7-11-18(16)33-24(29-2)34-22)21-17(25(26,27)28)12-30-13-19(21)32-23(14)31-15-8-4-3-5-9-15/h3-13H,1-2H3,(H,31,32)(H,29,33,34). The van der Waals surface area contributed by atoms with Crippen molar-refractivity contribution < 1.29 is 13.2 Å². The molecule has 9 heteroatoms. The van der Waals surface area contributed by atoms with Gasteiger partial charge in [0.1, 0.15) is 5.82 Å². The van der Waals surface area contributed by atoms with Gasteiger partial charge in [0.25, 0.3) is 0 Å². The maximum Gasteiger partial charge on any atom is 0.418 e. The highest BCUT2D eigenvalue weighted by Gasteiger charge is 2.35. The summed E-state index contributed by atoms with van der Waals surface area (Å²) in [7, 11) is 1.67. The number of benzene rings is 2. The van der Waals surface area contributed by atoms with Crippen molar-refractivity contribution in [1.82, 2.24) is 19.9 Å². The Labute approximate surface area is 192 Å². The van der Waals surface area contributed by atoms with Crippen LogP contribution >= 0.6 is 0 Å². The molecule has 6 nitrogen and oxygen atoms in total.